The molecular formula is C15H18N2O5S. The zero-order chi connectivity index (χ0) is 17.0. The molecule has 1 aromatic carbocycles. The summed E-state index contributed by atoms with van der Waals surface area (Å²) in [5.41, 5.74) is 5.33. The van der Waals surface area contributed by atoms with Gasteiger partial charge in [-0.2, -0.15) is 4.31 Å². The van der Waals surface area contributed by atoms with Crippen LogP contribution in [0.4, 0.5) is 0 Å². The van der Waals surface area contributed by atoms with E-state index in [0.29, 0.717) is 12.4 Å². The number of carbonyl (C=O) groups is 1. The summed E-state index contributed by atoms with van der Waals surface area (Å²) in [5, 5.41) is 0. The minimum absolute atomic E-state index is 0.0572. The number of nitrogens with zero attached hydrogens (tertiary/aromatic N) is 1. The number of furan rings is 1. The number of primary amides is 1. The maximum absolute atomic E-state index is 12.8. The standard InChI is InChI=1S/C15H18N2O5S/c1-3-21-13-7-6-11(15(16)18)9-14(13)23(19,20)17(2)10-12-5-4-8-22-12/h4-9H,3,10H2,1-2H3,(H2,16,18). The van der Waals surface area contributed by atoms with Crippen molar-refractivity contribution in [2.24, 2.45) is 5.73 Å². The molecule has 1 aromatic heterocycles. The van der Waals surface area contributed by atoms with Gasteiger partial charge in [0.25, 0.3) is 0 Å². The molecule has 0 aliphatic carbocycles. The van der Waals surface area contributed by atoms with Gasteiger partial charge in [0.15, 0.2) is 0 Å². The molecule has 0 unspecified atom stereocenters. The van der Waals surface area contributed by atoms with Gasteiger partial charge in [-0.05, 0) is 37.3 Å². The summed E-state index contributed by atoms with van der Waals surface area (Å²) in [7, 11) is -2.46. The van der Waals surface area contributed by atoms with Gasteiger partial charge in [-0.3, -0.25) is 4.79 Å². The highest BCUT2D eigenvalue weighted by atomic mass is 32.2. The van der Waals surface area contributed by atoms with E-state index < -0.39 is 15.9 Å². The van der Waals surface area contributed by atoms with Crippen molar-refractivity contribution in [3.63, 3.8) is 0 Å². The van der Waals surface area contributed by atoms with Crippen LogP contribution in [-0.4, -0.2) is 32.3 Å². The molecule has 124 valence electrons. The molecule has 0 bridgehead atoms. The molecule has 0 fully saturated rings. The van der Waals surface area contributed by atoms with E-state index in [2.05, 4.69) is 0 Å². The highest BCUT2D eigenvalue weighted by molar-refractivity contribution is 7.89. The Labute approximate surface area is 134 Å². The Morgan fingerprint density at radius 2 is 2.09 bits per heavy atom. The fraction of sp³-hybridized carbons (Fsp3) is 0.267. The summed E-state index contributed by atoms with van der Waals surface area (Å²) in [5.74, 6) is -0.0397. The number of hydrogen-bond acceptors (Lipinski definition) is 5. The van der Waals surface area contributed by atoms with E-state index in [1.807, 2.05) is 0 Å². The first-order valence-electron chi connectivity index (χ1n) is 6.91. The van der Waals surface area contributed by atoms with Crippen LogP contribution in [0.5, 0.6) is 5.75 Å². The third-order valence-corrected chi connectivity index (χ3v) is 5.00. The van der Waals surface area contributed by atoms with Crippen molar-refractivity contribution in [1.29, 1.82) is 0 Å². The second kappa shape index (κ2) is 6.84. The molecule has 1 amide bonds. The third kappa shape index (κ3) is 3.72. The van der Waals surface area contributed by atoms with Gasteiger partial charge in [0.2, 0.25) is 15.9 Å². The predicted octanol–water partition coefficient (Wildman–Crippen LogP) is 1.60. The predicted molar refractivity (Wildman–Crippen MR) is 83.5 cm³/mol. The highest BCUT2D eigenvalue weighted by Crippen LogP contribution is 2.28. The van der Waals surface area contributed by atoms with Crippen LogP contribution >= 0.6 is 0 Å². The molecule has 0 atom stereocenters. The smallest absolute Gasteiger partial charge is 0.248 e. The van der Waals surface area contributed by atoms with Crippen molar-refractivity contribution in [1.82, 2.24) is 4.31 Å². The Balaban J connectivity index is 2.43. The quantitative estimate of drug-likeness (QED) is 0.826. The Morgan fingerprint density at radius 3 is 2.65 bits per heavy atom. The normalized spacial score (nSPS) is 11.6. The van der Waals surface area contributed by atoms with Crippen molar-refractivity contribution < 1.29 is 22.4 Å². The number of amides is 1. The lowest BCUT2D eigenvalue weighted by molar-refractivity contribution is 0.1000. The SMILES string of the molecule is CCOc1ccc(C(N)=O)cc1S(=O)(=O)N(C)Cc1ccco1. The number of hydrogen-bond donors (Lipinski definition) is 1. The molecule has 0 spiro atoms. The summed E-state index contributed by atoms with van der Waals surface area (Å²) < 4.78 is 37.2. The first kappa shape index (κ1) is 17.0. The summed E-state index contributed by atoms with van der Waals surface area (Å²) in [6, 6.07) is 7.43. The Kier molecular flexibility index (Phi) is 5.07. The van der Waals surface area contributed by atoms with E-state index >= 15 is 0 Å². The summed E-state index contributed by atoms with van der Waals surface area (Å²) in [6.07, 6.45) is 1.47. The van der Waals surface area contributed by atoms with E-state index in [-0.39, 0.29) is 22.8 Å². The van der Waals surface area contributed by atoms with Gasteiger partial charge in [0.1, 0.15) is 16.4 Å². The minimum atomic E-state index is -3.88. The average Bonchev–Trinajstić information content (AvgIpc) is 3.00. The molecule has 2 rings (SSSR count). The molecular weight excluding hydrogens is 320 g/mol. The summed E-state index contributed by atoms with van der Waals surface area (Å²) in [4.78, 5) is 11.2. The molecule has 1 heterocycles. The molecule has 0 saturated heterocycles. The number of nitrogens with two attached hydrogens (primary N) is 1. The van der Waals surface area contributed by atoms with E-state index in [1.165, 1.54) is 31.5 Å². The van der Waals surface area contributed by atoms with Crippen LogP contribution in [0, 0.1) is 0 Å². The van der Waals surface area contributed by atoms with Crippen molar-refractivity contribution in [2.45, 2.75) is 18.4 Å². The zero-order valence-electron chi connectivity index (χ0n) is 12.9. The first-order valence-corrected chi connectivity index (χ1v) is 8.35. The van der Waals surface area contributed by atoms with E-state index in [1.54, 1.807) is 19.1 Å². The fourth-order valence-electron chi connectivity index (χ4n) is 2.01. The zero-order valence-corrected chi connectivity index (χ0v) is 13.7. The molecule has 0 radical (unpaired) electrons. The molecule has 2 N–H and O–H groups in total. The maximum Gasteiger partial charge on any atom is 0.248 e. The number of rotatable bonds is 7. The van der Waals surface area contributed by atoms with Crippen molar-refractivity contribution in [3.05, 3.63) is 47.9 Å². The van der Waals surface area contributed by atoms with Gasteiger partial charge in [-0.1, -0.05) is 0 Å². The topological polar surface area (TPSA) is 103 Å². The monoisotopic (exact) mass is 338 g/mol. The molecule has 0 saturated carbocycles. The van der Waals surface area contributed by atoms with Gasteiger partial charge < -0.3 is 14.9 Å². The second-order valence-corrected chi connectivity index (χ2v) is 6.81. The van der Waals surface area contributed by atoms with E-state index in [0.717, 1.165) is 4.31 Å². The number of carbonyl (C=O) groups excluding carboxylic acids is 1. The van der Waals surface area contributed by atoms with E-state index in [4.69, 9.17) is 14.9 Å². The van der Waals surface area contributed by atoms with Crippen molar-refractivity contribution in [2.75, 3.05) is 13.7 Å². The molecule has 0 aliphatic heterocycles. The van der Waals surface area contributed by atoms with Crippen LogP contribution in [-0.2, 0) is 16.6 Å². The van der Waals surface area contributed by atoms with Crippen molar-refractivity contribution >= 4 is 15.9 Å². The van der Waals surface area contributed by atoms with Gasteiger partial charge in [0, 0.05) is 12.6 Å². The Morgan fingerprint density at radius 1 is 1.35 bits per heavy atom. The minimum Gasteiger partial charge on any atom is -0.492 e. The van der Waals surface area contributed by atoms with Gasteiger partial charge in [0.05, 0.1) is 19.4 Å². The van der Waals surface area contributed by atoms with Crippen molar-refractivity contribution in [3.8, 4) is 5.75 Å². The van der Waals surface area contributed by atoms with Gasteiger partial charge >= 0.3 is 0 Å². The highest BCUT2D eigenvalue weighted by Gasteiger charge is 2.26. The summed E-state index contributed by atoms with van der Waals surface area (Å²) >= 11 is 0. The largest absolute Gasteiger partial charge is 0.492 e. The van der Waals surface area contributed by atoms with Crippen LogP contribution < -0.4 is 10.5 Å². The molecule has 2 aromatic rings. The number of ether oxygens (including phenoxy) is 1. The lowest BCUT2D eigenvalue weighted by Gasteiger charge is -2.18. The van der Waals surface area contributed by atoms with Crippen LogP contribution in [0.25, 0.3) is 0 Å². The number of benzene rings is 1. The van der Waals surface area contributed by atoms with Crippen LogP contribution in [0.15, 0.2) is 45.9 Å². The Bertz CT molecular complexity index is 784. The van der Waals surface area contributed by atoms with Gasteiger partial charge in [-0.15, -0.1) is 0 Å². The van der Waals surface area contributed by atoms with Crippen LogP contribution in [0.3, 0.4) is 0 Å². The summed E-state index contributed by atoms with van der Waals surface area (Å²) in [6.45, 7) is 2.09. The molecule has 23 heavy (non-hydrogen) atoms. The average molecular weight is 338 g/mol. The lowest BCUT2D eigenvalue weighted by Crippen LogP contribution is -2.27. The Hall–Kier alpha value is -2.32. The van der Waals surface area contributed by atoms with E-state index in [9.17, 15) is 13.2 Å². The van der Waals surface area contributed by atoms with Crippen LogP contribution in [0.1, 0.15) is 23.0 Å². The third-order valence-electron chi connectivity index (χ3n) is 3.17. The maximum atomic E-state index is 12.8. The first-order chi connectivity index (χ1) is 10.9. The lowest BCUT2D eigenvalue weighted by atomic mass is 10.2. The fourth-order valence-corrected chi connectivity index (χ4v) is 3.30. The van der Waals surface area contributed by atoms with Crippen LogP contribution in [0.2, 0.25) is 0 Å². The molecule has 0 aliphatic rings. The molecule has 8 heteroatoms. The van der Waals surface area contributed by atoms with Gasteiger partial charge in [-0.25, -0.2) is 8.42 Å². The molecule has 7 nitrogen and oxygen atoms in total. The second-order valence-electron chi connectivity index (χ2n) is 4.80. The number of sulfonamides is 1.